The van der Waals surface area contributed by atoms with E-state index in [1.54, 1.807) is 0 Å². The van der Waals surface area contributed by atoms with Gasteiger partial charge < -0.3 is 15.2 Å². The standard InChI is InChI=1S/C18H25ClN6.HI/c1-4-20-17(21-11-16-24-23-13(2)25(16)3)22-12-18(8-9-18)14-6-5-7-15(19)10-14;/h5-7,10H,4,8-9,11-12H2,1-3H3,(H2,20,21,22);1H. The molecule has 0 amide bonds. The van der Waals surface area contributed by atoms with Gasteiger partial charge in [0.05, 0.1) is 0 Å². The largest absolute Gasteiger partial charge is 0.357 e. The monoisotopic (exact) mass is 488 g/mol. The van der Waals surface area contributed by atoms with E-state index in [0.29, 0.717) is 6.54 Å². The molecule has 8 heteroatoms. The Morgan fingerprint density at radius 1 is 1.31 bits per heavy atom. The van der Waals surface area contributed by atoms with Crippen molar-refractivity contribution in [3.8, 4) is 0 Å². The molecule has 0 radical (unpaired) electrons. The first-order valence-electron chi connectivity index (χ1n) is 8.67. The summed E-state index contributed by atoms with van der Waals surface area (Å²) in [7, 11) is 1.96. The fraction of sp³-hybridized carbons (Fsp3) is 0.500. The van der Waals surface area contributed by atoms with E-state index in [2.05, 4.69) is 44.9 Å². The zero-order valence-electron chi connectivity index (χ0n) is 15.4. The number of aryl methyl sites for hydroxylation is 1. The number of guanidine groups is 1. The number of benzene rings is 1. The molecule has 0 atom stereocenters. The maximum Gasteiger partial charge on any atom is 0.191 e. The Kier molecular flexibility index (Phi) is 7.28. The molecule has 1 fully saturated rings. The summed E-state index contributed by atoms with van der Waals surface area (Å²) in [6.07, 6.45) is 2.34. The van der Waals surface area contributed by atoms with Crippen LogP contribution in [0.15, 0.2) is 29.3 Å². The zero-order valence-corrected chi connectivity index (χ0v) is 18.5. The minimum absolute atomic E-state index is 0. The molecule has 2 N–H and O–H groups in total. The molecule has 6 nitrogen and oxygen atoms in total. The minimum Gasteiger partial charge on any atom is -0.357 e. The Bertz CT molecular complexity index is 769. The van der Waals surface area contributed by atoms with E-state index in [9.17, 15) is 0 Å². The summed E-state index contributed by atoms with van der Waals surface area (Å²) in [4.78, 5) is 4.64. The Morgan fingerprint density at radius 2 is 2.08 bits per heavy atom. The molecule has 1 aromatic heterocycles. The first-order valence-corrected chi connectivity index (χ1v) is 9.05. The molecule has 0 spiro atoms. The lowest BCUT2D eigenvalue weighted by atomic mass is 9.96. The van der Waals surface area contributed by atoms with Crippen molar-refractivity contribution in [2.24, 2.45) is 12.0 Å². The van der Waals surface area contributed by atoms with Crippen molar-refractivity contribution in [1.29, 1.82) is 0 Å². The molecule has 26 heavy (non-hydrogen) atoms. The lowest BCUT2D eigenvalue weighted by molar-refractivity contribution is 0.644. The summed E-state index contributed by atoms with van der Waals surface area (Å²) in [5.74, 6) is 2.54. The van der Waals surface area contributed by atoms with Gasteiger partial charge in [0.25, 0.3) is 0 Å². The van der Waals surface area contributed by atoms with Crippen LogP contribution in [0.25, 0.3) is 0 Å². The van der Waals surface area contributed by atoms with E-state index in [-0.39, 0.29) is 29.4 Å². The second-order valence-corrected chi connectivity index (χ2v) is 7.00. The molecule has 1 aromatic carbocycles. The van der Waals surface area contributed by atoms with Gasteiger partial charge in [-0.05, 0) is 44.4 Å². The van der Waals surface area contributed by atoms with Gasteiger partial charge in [0, 0.05) is 30.6 Å². The fourth-order valence-corrected chi connectivity index (χ4v) is 3.06. The van der Waals surface area contributed by atoms with E-state index in [4.69, 9.17) is 11.6 Å². The number of nitrogens with one attached hydrogen (secondary N) is 2. The molecule has 1 aliphatic rings. The summed E-state index contributed by atoms with van der Waals surface area (Å²) >= 11 is 6.15. The van der Waals surface area contributed by atoms with Crippen LogP contribution in [0.4, 0.5) is 0 Å². The van der Waals surface area contributed by atoms with Gasteiger partial charge in [-0.15, -0.1) is 34.2 Å². The SMILES string of the molecule is CCNC(=NCc1nnc(C)n1C)NCC1(c2cccc(Cl)c2)CC1.I. The first-order chi connectivity index (χ1) is 12.0. The number of aromatic nitrogens is 3. The van der Waals surface area contributed by atoms with Crippen LogP contribution in [0.2, 0.25) is 5.02 Å². The number of aliphatic imine (C=N–C) groups is 1. The summed E-state index contributed by atoms with van der Waals surface area (Å²) in [6.45, 7) is 6.15. The number of halogens is 2. The van der Waals surface area contributed by atoms with Crippen LogP contribution in [0.1, 0.15) is 37.0 Å². The van der Waals surface area contributed by atoms with Crippen molar-refractivity contribution in [3.05, 3.63) is 46.5 Å². The second-order valence-electron chi connectivity index (χ2n) is 6.56. The van der Waals surface area contributed by atoms with Crippen molar-refractivity contribution >= 4 is 41.5 Å². The summed E-state index contributed by atoms with van der Waals surface area (Å²) in [6, 6.07) is 8.17. The average Bonchev–Trinajstić information content (AvgIpc) is 3.33. The van der Waals surface area contributed by atoms with Crippen LogP contribution in [0.5, 0.6) is 0 Å². The van der Waals surface area contributed by atoms with Crippen molar-refractivity contribution in [2.75, 3.05) is 13.1 Å². The zero-order chi connectivity index (χ0) is 17.9. The van der Waals surface area contributed by atoms with Gasteiger partial charge in [0.1, 0.15) is 12.4 Å². The van der Waals surface area contributed by atoms with Crippen LogP contribution >= 0.6 is 35.6 Å². The maximum atomic E-state index is 6.15. The van der Waals surface area contributed by atoms with Crippen molar-refractivity contribution in [1.82, 2.24) is 25.4 Å². The molecule has 1 heterocycles. The van der Waals surface area contributed by atoms with E-state index in [0.717, 1.165) is 35.7 Å². The Balaban J connectivity index is 0.00000243. The Hall–Kier alpha value is -1.35. The first kappa shape index (κ1) is 21.0. The van der Waals surface area contributed by atoms with Crippen molar-refractivity contribution in [3.63, 3.8) is 0 Å². The molecule has 142 valence electrons. The third-order valence-corrected chi connectivity index (χ3v) is 5.03. The summed E-state index contributed by atoms with van der Waals surface area (Å²) < 4.78 is 1.96. The van der Waals surface area contributed by atoms with Gasteiger partial charge in [-0.3, -0.25) is 0 Å². The normalized spacial score (nSPS) is 15.3. The molecule has 0 unspecified atom stereocenters. The van der Waals surface area contributed by atoms with Crippen LogP contribution in [0, 0.1) is 6.92 Å². The number of hydrogen-bond donors (Lipinski definition) is 2. The smallest absolute Gasteiger partial charge is 0.191 e. The van der Waals surface area contributed by atoms with E-state index >= 15 is 0 Å². The van der Waals surface area contributed by atoms with E-state index in [1.807, 2.05) is 30.7 Å². The molecular formula is C18H26ClIN6. The lowest BCUT2D eigenvalue weighted by Gasteiger charge is -2.19. The van der Waals surface area contributed by atoms with E-state index < -0.39 is 0 Å². The molecule has 1 aliphatic carbocycles. The fourth-order valence-electron chi connectivity index (χ4n) is 2.87. The highest BCUT2D eigenvalue weighted by molar-refractivity contribution is 14.0. The quantitative estimate of drug-likeness (QED) is 0.372. The molecule has 0 aliphatic heterocycles. The Morgan fingerprint density at radius 3 is 2.65 bits per heavy atom. The van der Waals surface area contributed by atoms with Crippen LogP contribution < -0.4 is 10.6 Å². The van der Waals surface area contributed by atoms with Gasteiger partial charge >= 0.3 is 0 Å². The Labute approximate surface area is 176 Å². The molecule has 3 rings (SSSR count). The highest BCUT2D eigenvalue weighted by atomic mass is 127. The summed E-state index contributed by atoms with van der Waals surface area (Å²) in [5.41, 5.74) is 1.47. The molecule has 0 saturated heterocycles. The molecule has 2 aromatic rings. The van der Waals surface area contributed by atoms with Crippen molar-refractivity contribution < 1.29 is 0 Å². The van der Waals surface area contributed by atoms with Crippen molar-refractivity contribution in [2.45, 2.75) is 38.6 Å². The third-order valence-electron chi connectivity index (χ3n) is 4.79. The second kappa shape index (κ2) is 9.03. The average molecular weight is 489 g/mol. The molecular weight excluding hydrogens is 463 g/mol. The molecule has 0 bridgehead atoms. The predicted octanol–water partition coefficient (Wildman–Crippen LogP) is 3.18. The number of hydrogen-bond acceptors (Lipinski definition) is 3. The van der Waals surface area contributed by atoms with Crippen LogP contribution in [0.3, 0.4) is 0 Å². The minimum atomic E-state index is 0. The highest BCUT2D eigenvalue weighted by Crippen LogP contribution is 2.48. The highest BCUT2D eigenvalue weighted by Gasteiger charge is 2.44. The lowest BCUT2D eigenvalue weighted by Crippen LogP contribution is -2.41. The van der Waals surface area contributed by atoms with Gasteiger partial charge in [-0.1, -0.05) is 23.7 Å². The van der Waals surface area contributed by atoms with Crippen LogP contribution in [-0.4, -0.2) is 33.8 Å². The maximum absolute atomic E-state index is 6.15. The third kappa shape index (κ3) is 4.88. The molecule has 1 saturated carbocycles. The van der Waals surface area contributed by atoms with Gasteiger partial charge in [0.2, 0.25) is 0 Å². The number of nitrogens with zero attached hydrogens (tertiary/aromatic N) is 4. The van der Waals surface area contributed by atoms with Crippen LogP contribution in [-0.2, 0) is 19.0 Å². The van der Waals surface area contributed by atoms with Gasteiger partial charge in [-0.2, -0.15) is 0 Å². The number of rotatable bonds is 6. The van der Waals surface area contributed by atoms with E-state index in [1.165, 1.54) is 18.4 Å². The van der Waals surface area contributed by atoms with Gasteiger partial charge in [0.15, 0.2) is 11.8 Å². The topological polar surface area (TPSA) is 67.1 Å². The predicted molar refractivity (Wildman–Crippen MR) is 116 cm³/mol. The summed E-state index contributed by atoms with van der Waals surface area (Å²) in [5, 5.41) is 15.8. The van der Waals surface area contributed by atoms with Gasteiger partial charge in [-0.25, -0.2) is 4.99 Å².